The Hall–Kier alpha value is -1.75. The lowest BCUT2D eigenvalue weighted by atomic mass is 10.0. The summed E-state index contributed by atoms with van der Waals surface area (Å²) in [6.07, 6.45) is 0.906. The van der Waals surface area contributed by atoms with Crippen molar-refractivity contribution in [3.05, 3.63) is 34.8 Å². The third-order valence-corrected chi connectivity index (χ3v) is 3.72. The lowest BCUT2D eigenvalue weighted by Crippen LogP contribution is -2.24. The molecule has 1 aromatic heterocycles. The minimum absolute atomic E-state index is 0.160. The first-order chi connectivity index (χ1) is 9.03. The highest BCUT2D eigenvalue weighted by Crippen LogP contribution is 2.41. The lowest BCUT2D eigenvalue weighted by molar-refractivity contribution is 0.131. The maximum atomic E-state index is 5.95. The summed E-state index contributed by atoms with van der Waals surface area (Å²) in [5, 5.41) is 2.47. The van der Waals surface area contributed by atoms with Gasteiger partial charge in [0, 0.05) is 17.4 Å². The van der Waals surface area contributed by atoms with E-state index in [4.69, 9.17) is 15.2 Å². The second-order valence-electron chi connectivity index (χ2n) is 5.25. The predicted octanol–water partition coefficient (Wildman–Crippen LogP) is 3.02. The molecule has 0 spiro atoms. The molecule has 1 aromatic carbocycles. The van der Waals surface area contributed by atoms with Gasteiger partial charge in [0.05, 0.1) is 5.69 Å². The number of benzene rings is 1. The topological polar surface area (TPSA) is 57.4 Å². The second-order valence-corrected chi connectivity index (χ2v) is 6.14. The van der Waals surface area contributed by atoms with Gasteiger partial charge in [-0.15, -0.1) is 11.3 Å². The van der Waals surface area contributed by atoms with E-state index in [9.17, 15) is 0 Å². The highest BCUT2D eigenvalue weighted by atomic mass is 32.1. The molecule has 0 radical (unpaired) electrons. The molecular weight excluding hydrogens is 260 g/mol. The molecule has 5 heteroatoms. The molecule has 0 aliphatic carbocycles. The summed E-state index contributed by atoms with van der Waals surface area (Å²) >= 11 is 1.42. The molecule has 0 fully saturated rings. The van der Waals surface area contributed by atoms with Crippen molar-refractivity contribution in [3.8, 4) is 11.5 Å². The molecule has 0 atom stereocenters. The first-order valence-corrected chi connectivity index (χ1v) is 7.05. The van der Waals surface area contributed by atoms with Gasteiger partial charge in [0.25, 0.3) is 0 Å². The van der Waals surface area contributed by atoms with Crippen LogP contribution in [0.3, 0.4) is 0 Å². The van der Waals surface area contributed by atoms with Crippen molar-refractivity contribution in [3.63, 3.8) is 0 Å². The second kappa shape index (κ2) is 4.42. The summed E-state index contributed by atoms with van der Waals surface area (Å²) < 4.78 is 11.8. The summed E-state index contributed by atoms with van der Waals surface area (Å²) in [5.41, 5.74) is 7.48. The Kier molecular flexibility index (Phi) is 2.86. The molecule has 1 aliphatic rings. The normalized spacial score (nSPS) is 15.9. The maximum Gasteiger partial charge on any atom is 0.180 e. The van der Waals surface area contributed by atoms with Crippen LogP contribution in [0.2, 0.25) is 0 Å². The Labute approximate surface area is 116 Å². The van der Waals surface area contributed by atoms with Gasteiger partial charge in [-0.2, -0.15) is 0 Å². The molecular formula is C14H16N2O2S. The molecule has 0 saturated heterocycles. The van der Waals surface area contributed by atoms with E-state index in [-0.39, 0.29) is 5.60 Å². The first-order valence-electron chi connectivity index (χ1n) is 6.17. The van der Waals surface area contributed by atoms with Crippen molar-refractivity contribution in [2.24, 2.45) is 0 Å². The molecule has 100 valence electrons. The molecule has 0 unspecified atom stereocenters. The fraction of sp³-hybridized carbons (Fsp3) is 0.357. The van der Waals surface area contributed by atoms with E-state index in [0.717, 1.165) is 23.6 Å². The number of ether oxygens (including phenoxy) is 2. The monoisotopic (exact) mass is 276 g/mol. The summed E-state index contributed by atoms with van der Waals surface area (Å²) in [5.74, 6) is 1.63. The van der Waals surface area contributed by atoms with Crippen LogP contribution in [0.5, 0.6) is 11.5 Å². The highest BCUT2D eigenvalue weighted by molar-refractivity contribution is 7.13. The molecule has 19 heavy (non-hydrogen) atoms. The van der Waals surface area contributed by atoms with Gasteiger partial charge in [0.15, 0.2) is 16.6 Å². The minimum atomic E-state index is -0.160. The summed E-state index contributed by atoms with van der Waals surface area (Å²) in [6, 6.07) is 6.00. The van der Waals surface area contributed by atoms with E-state index < -0.39 is 0 Å². The van der Waals surface area contributed by atoms with Gasteiger partial charge in [-0.05, 0) is 19.9 Å². The van der Waals surface area contributed by atoms with Crippen LogP contribution in [0.1, 0.15) is 25.1 Å². The van der Waals surface area contributed by atoms with Crippen molar-refractivity contribution >= 4 is 16.5 Å². The number of para-hydroxylation sites is 1. The van der Waals surface area contributed by atoms with Crippen LogP contribution >= 0.6 is 11.3 Å². The van der Waals surface area contributed by atoms with Gasteiger partial charge in [-0.1, -0.05) is 12.1 Å². The number of fused-ring (bicyclic) bond motifs is 1. The van der Waals surface area contributed by atoms with Crippen LogP contribution < -0.4 is 15.2 Å². The van der Waals surface area contributed by atoms with Crippen molar-refractivity contribution in [1.82, 2.24) is 4.98 Å². The largest absolute Gasteiger partial charge is 0.483 e. The number of rotatable bonds is 3. The van der Waals surface area contributed by atoms with Crippen molar-refractivity contribution in [2.45, 2.75) is 32.5 Å². The number of nitrogens with zero attached hydrogens (tertiary/aromatic N) is 1. The lowest BCUT2D eigenvalue weighted by Gasteiger charge is -2.18. The van der Waals surface area contributed by atoms with Crippen LogP contribution in [0, 0.1) is 0 Å². The van der Waals surface area contributed by atoms with Crippen LogP contribution in [-0.4, -0.2) is 10.6 Å². The minimum Gasteiger partial charge on any atom is -0.483 e. The number of anilines is 1. The maximum absolute atomic E-state index is 5.95. The number of nitrogen functional groups attached to an aromatic ring is 1. The van der Waals surface area contributed by atoms with E-state index in [1.165, 1.54) is 16.9 Å². The van der Waals surface area contributed by atoms with Gasteiger partial charge in [-0.3, -0.25) is 0 Å². The molecule has 1 aliphatic heterocycles. The number of nitrogens with two attached hydrogens (primary N) is 1. The van der Waals surface area contributed by atoms with Gasteiger partial charge in [0.2, 0.25) is 0 Å². The highest BCUT2D eigenvalue weighted by Gasteiger charge is 2.32. The third-order valence-electron chi connectivity index (χ3n) is 3.00. The van der Waals surface area contributed by atoms with Gasteiger partial charge >= 0.3 is 0 Å². The average Bonchev–Trinajstić information content (AvgIpc) is 2.88. The smallest absolute Gasteiger partial charge is 0.180 e. The Morgan fingerprint density at radius 3 is 3.05 bits per heavy atom. The van der Waals surface area contributed by atoms with E-state index in [1.807, 2.05) is 17.5 Å². The Morgan fingerprint density at radius 2 is 2.32 bits per heavy atom. The van der Waals surface area contributed by atoms with E-state index in [1.54, 1.807) is 0 Å². The van der Waals surface area contributed by atoms with E-state index >= 15 is 0 Å². The van der Waals surface area contributed by atoms with Gasteiger partial charge < -0.3 is 15.2 Å². The molecule has 2 heterocycles. The Balaban J connectivity index is 1.78. The van der Waals surface area contributed by atoms with Crippen LogP contribution in [0.15, 0.2) is 23.6 Å². The Morgan fingerprint density at radius 1 is 1.47 bits per heavy atom. The number of aromatic nitrogens is 1. The van der Waals surface area contributed by atoms with Gasteiger partial charge in [0.1, 0.15) is 12.2 Å². The fourth-order valence-corrected chi connectivity index (χ4v) is 2.79. The molecule has 2 N–H and O–H groups in total. The predicted molar refractivity (Wildman–Crippen MR) is 75.7 cm³/mol. The number of hydrogen-bond donors (Lipinski definition) is 1. The van der Waals surface area contributed by atoms with Crippen molar-refractivity contribution in [2.75, 3.05) is 5.73 Å². The molecule has 4 nitrogen and oxygen atoms in total. The molecule has 0 amide bonds. The van der Waals surface area contributed by atoms with E-state index in [0.29, 0.717) is 11.7 Å². The molecule has 3 rings (SSSR count). The quantitative estimate of drug-likeness (QED) is 0.936. The van der Waals surface area contributed by atoms with Crippen LogP contribution in [-0.2, 0) is 13.0 Å². The molecule has 0 bridgehead atoms. The molecule has 0 saturated carbocycles. The third kappa shape index (κ3) is 2.51. The van der Waals surface area contributed by atoms with E-state index in [2.05, 4.69) is 24.9 Å². The number of hydrogen-bond acceptors (Lipinski definition) is 5. The summed E-state index contributed by atoms with van der Waals surface area (Å²) in [4.78, 5) is 4.18. The van der Waals surface area contributed by atoms with Crippen molar-refractivity contribution < 1.29 is 9.47 Å². The van der Waals surface area contributed by atoms with Crippen molar-refractivity contribution in [1.29, 1.82) is 0 Å². The zero-order valence-corrected chi connectivity index (χ0v) is 11.8. The fourth-order valence-electron chi connectivity index (χ4n) is 2.24. The summed E-state index contributed by atoms with van der Waals surface area (Å²) in [6.45, 7) is 4.57. The summed E-state index contributed by atoms with van der Waals surface area (Å²) in [7, 11) is 0. The number of thiazole rings is 1. The molecule has 2 aromatic rings. The zero-order valence-electron chi connectivity index (χ0n) is 11.0. The van der Waals surface area contributed by atoms with Gasteiger partial charge in [-0.25, -0.2) is 4.98 Å². The Bertz CT molecular complexity index is 607. The van der Waals surface area contributed by atoms with Crippen LogP contribution in [0.25, 0.3) is 0 Å². The SMILES string of the molecule is CC1(C)Cc2cccc(OCc3csc(N)n3)c2O1. The average molecular weight is 276 g/mol. The zero-order chi connectivity index (χ0) is 13.5. The van der Waals surface area contributed by atoms with Crippen LogP contribution in [0.4, 0.5) is 5.13 Å². The first kappa shape index (κ1) is 12.3. The standard InChI is InChI=1S/C14H16N2O2S/c1-14(2)6-9-4-3-5-11(12(9)18-14)17-7-10-8-19-13(15)16-10/h3-5,8H,6-7H2,1-2H3,(H2,15,16).